The minimum Gasteiger partial charge on any atom is -0.253 e. The first kappa shape index (κ1) is 13.4. The molecule has 1 heterocycles. The van der Waals surface area contributed by atoms with Gasteiger partial charge in [-0.1, -0.05) is 30.4 Å². The van der Waals surface area contributed by atoms with Crippen molar-refractivity contribution in [2.75, 3.05) is 4.72 Å². The molecule has 0 spiro atoms. The molecule has 0 unspecified atom stereocenters. The van der Waals surface area contributed by atoms with Crippen molar-refractivity contribution in [1.29, 1.82) is 0 Å². The zero-order valence-corrected chi connectivity index (χ0v) is 12.6. The van der Waals surface area contributed by atoms with E-state index in [4.69, 9.17) is 0 Å². The van der Waals surface area contributed by atoms with Gasteiger partial charge in [0.2, 0.25) is 5.13 Å². The number of nitrogens with one attached hydrogen (secondary N) is 1. The van der Waals surface area contributed by atoms with Crippen LogP contribution in [0.5, 0.6) is 0 Å². The van der Waals surface area contributed by atoms with Crippen LogP contribution < -0.4 is 4.72 Å². The molecule has 8 heteroatoms. The standard InChI is InChI=1S/C10H10BrN3O2S2/c1-2-9-12-13-10(17-9)14-18(15,16)8-6-4-3-5-7(8)11/h3-6H,2H2,1H3,(H,13,14). The summed E-state index contributed by atoms with van der Waals surface area (Å²) in [6.45, 7) is 1.94. The van der Waals surface area contributed by atoms with E-state index in [0.29, 0.717) is 4.47 Å². The Morgan fingerprint density at radius 1 is 1.33 bits per heavy atom. The van der Waals surface area contributed by atoms with Crippen molar-refractivity contribution in [2.45, 2.75) is 18.2 Å². The maximum absolute atomic E-state index is 12.1. The predicted molar refractivity (Wildman–Crippen MR) is 74.2 cm³/mol. The molecule has 2 rings (SSSR count). The van der Waals surface area contributed by atoms with Crippen molar-refractivity contribution in [3.63, 3.8) is 0 Å². The fraction of sp³-hybridized carbons (Fsp3) is 0.200. The van der Waals surface area contributed by atoms with Crippen LogP contribution in [0.2, 0.25) is 0 Å². The van der Waals surface area contributed by atoms with Gasteiger partial charge < -0.3 is 0 Å². The molecule has 0 saturated heterocycles. The molecule has 0 radical (unpaired) electrons. The van der Waals surface area contributed by atoms with Crippen molar-refractivity contribution in [2.24, 2.45) is 0 Å². The second kappa shape index (κ2) is 5.33. The van der Waals surface area contributed by atoms with E-state index < -0.39 is 10.0 Å². The fourth-order valence-corrected chi connectivity index (χ4v) is 4.18. The Morgan fingerprint density at radius 2 is 2.06 bits per heavy atom. The highest BCUT2D eigenvalue weighted by Crippen LogP contribution is 2.25. The lowest BCUT2D eigenvalue weighted by atomic mass is 10.4. The molecule has 0 amide bonds. The van der Waals surface area contributed by atoms with Crippen LogP contribution in [0.1, 0.15) is 11.9 Å². The van der Waals surface area contributed by atoms with E-state index in [9.17, 15) is 8.42 Å². The van der Waals surface area contributed by atoms with Gasteiger partial charge in [0.25, 0.3) is 10.0 Å². The summed E-state index contributed by atoms with van der Waals surface area (Å²) in [5, 5.41) is 8.73. The molecule has 0 aliphatic rings. The Morgan fingerprint density at radius 3 is 2.67 bits per heavy atom. The van der Waals surface area contributed by atoms with Gasteiger partial charge in [0, 0.05) is 4.47 Å². The summed E-state index contributed by atoms with van der Waals surface area (Å²) in [6, 6.07) is 6.61. The molecule has 0 atom stereocenters. The molecule has 2 aromatic rings. The SMILES string of the molecule is CCc1nnc(NS(=O)(=O)c2ccccc2Br)s1. The monoisotopic (exact) mass is 347 g/mol. The first-order chi connectivity index (χ1) is 8.53. The van der Waals surface area contributed by atoms with Crippen molar-refractivity contribution in [3.8, 4) is 0 Å². The number of rotatable bonds is 4. The van der Waals surface area contributed by atoms with E-state index in [1.165, 1.54) is 17.4 Å². The summed E-state index contributed by atoms with van der Waals surface area (Å²) >= 11 is 4.44. The van der Waals surface area contributed by atoms with Crippen LogP contribution in [0.25, 0.3) is 0 Å². The number of hydrogen-bond acceptors (Lipinski definition) is 5. The Kier molecular flexibility index (Phi) is 3.98. The summed E-state index contributed by atoms with van der Waals surface area (Å²) in [5.74, 6) is 0. The third-order valence-electron chi connectivity index (χ3n) is 2.12. The average molecular weight is 348 g/mol. The Hall–Kier alpha value is -0.990. The number of aryl methyl sites for hydroxylation is 1. The van der Waals surface area contributed by atoms with Gasteiger partial charge in [-0.2, -0.15) is 0 Å². The van der Waals surface area contributed by atoms with Crippen molar-refractivity contribution >= 4 is 42.4 Å². The van der Waals surface area contributed by atoms with Gasteiger partial charge in [-0.25, -0.2) is 8.42 Å². The molecular weight excluding hydrogens is 338 g/mol. The van der Waals surface area contributed by atoms with E-state index in [1.54, 1.807) is 18.2 Å². The van der Waals surface area contributed by atoms with E-state index in [2.05, 4.69) is 30.8 Å². The molecule has 1 aromatic heterocycles. The van der Waals surface area contributed by atoms with Gasteiger partial charge in [0.1, 0.15) is 9.90 Å². The number of benzene rings is 1. The summed E-state index contributed by atoms with van der Waals surface area (Å²) in [4.78, 5) is 0.179. The number of halogens is 1. The third-order valence-corrected chi connectivity index (χ3v) is 5.58. The van der Waals surface area contributed by atoms with Crippen LogP contribution in [0, 0.1) is 0 Å². The zero-order valence-electron chi connectivity index (χ0n) is 9.42. The maximum Gasteiger partial charge on any atom is 0.264 e. The van der Waals surface area contributed by atoms with Gasteiger partial charge in [-0.05, 0) is 34.5 Å². The smallest absolute Gasteiger partial charge is 0.253 e. The molecule has 0 fully saturated rings. The Bertz CT molecular complexity index is 655. The van der Waals surface area contributed by atoms with E-state index in [0.717, 1.165) is 11.4 Å². The number of anilines is 1. The highest BCUT2D eigenvalue weighted by molar-refractivity contribution is 9.10. The minimum absolute atomic E-state index is 0.179. The number of hydrogen-bond donors (Lipinski definition) is 1. The average Bonchev–Trinajstić information content (AvgIpc) is 2.76. The number of sulfonamides is 1. The number of nitrogens with zero attached hydrogens (tertiary/aromatic N) is 2. The largest absolute Gasteiger partial charge is 0.264 e. The summed E-state index contributed by atoms with van der Waals surface area (Å²) in [6.07, 6.45) is 0.731. The molecule has 0 aliphatic heterocycles. The topological polar surface area (TPSA) is 72.0 Å². The zero-order chi connectivity index (χ0) is 13.2. The van der Waals surface area contributed by atoms with E-state index >= 15 is 0 Å². The van der Waals surface area contributed by atoms with Gasteiger partial charge in [0.05, 0.1) is 0 Å². The summed E-state index contributed by atoms with van der Waals surface area (Å²) in [7, 11) is -3.63. The predicted octanol–water partition coefficient (Wildman–Crippen LogP) is 2.66. The third kappa shape index (κ3) is 2.88. The lowest BCUT2D eigenvalue weighted by Crippen LogP contribution is -2.13. The van der Waals surface area contributed by atoms with Crippen LogP contribution in [0.15, 0.2) is 33.6 Å². The first-order valence-electron chi connectivity index (χ1n) is 5.12. The first-order valence-corrected chi connectivity index (χ1v) is 8.22. The molecule has 0 aliphatic carbocycles. The lowest BCUT2D eigenvalue weighted by molar-refractivity contribution is 0.600. The van der Waals surface area contributed by atoms with E-state index in [-0.39, 0.29) is 10.0 Å². The van der Waals surface area contributed by atoms with Crippen LogP contribution in [0.3, 0.4) is 0 Å². The van der Waals surface area contributed by atoms with Crippen LogP contribution in [-0.2, 0) is 16.4 Å². The molecule has 0 bridgehead atoms. The van der Waals surface area contributed by atoms with Crippen molar-refractivity contribution in [1.82, 2.24) is 10.2 Å². The molecular formula is C10H10BrN3O2S2. The summed E-state index contributed by atoms with van der Waals surface area (Å²) in [5.41, 5.74) is 0. The van der Waals surface area contributed by atoms with Crippen LogP contribution in [0.4, 0.5) is 5.13 Å². The molecule has 18 heavy (non-hydrogen) atoms. The van der Waals surface area contributed by atoms with E-state index in [1.807, 2.05) is 6.92 Å². The number of aromatic nitrogens is 2. The highest BCUT2D eigenvalue weighted by Gasteiger charge is 2.19. The van der Waals surface area contributed by atoms with Gasteiger partial charge in [0.15, 0.2) is 0 Å². The van der Waals surface area contributed by atoms with Gasteiger partial charge in [-0.3, -0.25) is 4.72 Å². The summed E-state index contributed by atoms with van der Waals surface area (Å²) < 4.78 is 27.2. The molecule has 0 saturated carbocycles. The van der Waals surface area contributed by atoms with Crippen LogP contribution >= 0.6 is 27.3 Å². The molecule has 96 valence electrons. The minimum atomic E-state index is -3.63. The quantitative estimate of drug-likeness (QED) is 0.922. The van der Waals surface area contributed by atoms with Gasteiger partial charge >= 0.3 is 0 Å². The van der Waals surface area contributed by atoms with Crippen molar-refractivity contribution in [3.05, 3.63) is 33.7 Å². The second-order valence-electron chi connectivity index (χ2n) is 3.39. The molecule has 1 aromatic carbocycles. The lowest BCUT2D eigenvalue weighted by Gasteiger charge is -2.05. The highest BCUT2D eigenvalue weighted by atomic mass is 79.9. The fourth-order valence-electron chi connectivity index (χ4n) is 1.27. The molecule has 1 N–H and O–H groups in total. The Labute approximate surface area is 117 Å². The molecule has 5 nitrogen and oxygen atoms in total. The van der Waals surface area contributed by atoms with Crippen molar-refractivity contribution < 1.29 is 8.42 Å². The normalized spacial score (nSPS) is 11.4. The Balaban J connectivity index is 2.30. The maximum atomic E-state index is 12.1. The van der Waals surface area contributed by atoms with Gasteiger partial charge in [-0.15, -0.1) is 10.2 Å². The van der Waals surface area contributed by atoms with Crippen LogP contribution in [-0.4, -0.2) is 18.6 Å². The second-order valence-corrected chi connectivity index (χ2v) is 6.96.